The van der Waals surface area contributed by atoms with E-state index in [-0.39, 0.29) is 12.1 Å². The van der Waals surface area contributed by atoms with Gasteiger partial charge in [0.25, 0.3) is 0 Å². The first kappa shape index (κ1) is 17.9. The maximum Gasteiger partial charge on any atom is 0.315 e. The average Bonchev–Trinajstić information content (AvgIpc) is 3.00. The Morgan fingerprint density at radius 2 is 2.00 bits per heavy atom. The number of rotatable bonds is 7. The van der Waals surface area contributed by atoms with Gasteiger partial charge >= 0.3 is 6.03 Å². The molecule has 0 aliphatic heterocycles. The molecule has 3 rings (SSSR count). The lowest BCUT2D eigenvalue weighted by Gasteiger charge is -2.13. The topological polar surface area (TPSA) is 71.8 Å². The van der Waals surface area contributed by atoms with Crippen LogP contribution in [-0.4, -0.2) is 33.2 Å². The number of carbonyl (C=O) groups excluding carboxylic acids is 1. The molecule has 0 aliphatic carbocycles. The van der Waals surface area contributed by atoms with Crippen LogP contribution in [0.4, 0.5) is 4.79 Å². The van der Waals surface area contributed by atoms with Crippen LogP contribution < -0.4 is 10.6 Å². The minimum atomic E-state index is -0.136. The molecule has 0 bridgehead atoms. The zero-order valence-corrected chi connectivity index (χ0v) is 15.3. The first-order valence-electron chi connectivity index (χ1n) is 9.05. The van der Waals surface area contributed by atoms with Crippen molar-refractivity contribution in [3.05, 3.63) is 60.0 Å². The Kier molecular flexibility index (Phi) is 5.84. The molecule has 26 heavy (non-hydrogen) atoms. The standard InChI is InChI=1S/C20H25N5O/c1-3-15(2)23-20(26)22-13-11-18-24-17-10-7-12-21-19(17)25(18)14-16-8-5-4-6-9-16/h4-10,12,15H,3,11,13-14H2,1-2H3,(H2,22,23,26)/t15-/m0/s1. The molecule has 2 aromatic heterocycles. The van der Waals surface area contributed by atoms with Crippen LogP contribution in [0.25, 0.3) is 11.2 Å². The molecule has 2 N–H and O–H groups in total. The molecule has 2 heterocycles. The maximum absolute atomic E-state index is 11.9. The van der Waals surface area contributed by atoms with Gasteiger partial charge in [-0.3, -0.25) is 0 Å². The minimum absolute atomic E-state index is 0.136. The Morgan fingerprint density at radius 1 is 1.19 bits per heavy atom. The number of nitrogens with one attached hydrogen (secondary N) is 2. The Bertz CT molecular complexity index is 859. The maximum atomic E-state index is 11.9. The molecule has 6 heteroatoms. The van der Waals surface area contributed by atoms with Crippen LogP contribution in [0.1, 0.15) is 31.7 Å². The number of carbonyl (C=O) groups is 1. The second-order valence-electron chi connectivity index (χ2n) is 6.41. The monoisotopic (exact) mass is 351 g/mol. The molecule has 0 radical (unpaired) electrons. The van der Waals surface area contributed by atoms with E-state index in [0.29, 0.717) is 19.5 Å². The molecular weight excluding hydrogens is 326 g/mol. The molecule has 0 fully saturated rings. The van der Waals surface area contributed by atoms with E-state index in [1.165, 1.54) is 5.56 Å². The lowest BCUT2D eigenvalue weighted by atomic mass is 10.2. The van der Waals surface area contributed by atoms with Crippen molar-refractivity contribution in [2.75, 3.05) is 6.54 Å². The molecule has 1 aromatic carbocycles. The van der Waals surface area contributed by atoms with Gasteiger partial charge < -0.3 is 15.2 Å². The van der Waals surface area contributed by atoms with Gasteiger partial charge in [-0.15, -0.1) is 0 Å². The largest absolute Gasteiger partial charge is 0.338 e. The highest BCUT2D eigenvalue weighted by Gasteiger charge is 2.12. The number of urea groups is 1. The molecule has 136 valence electrons. The lowest BCUT2D eigenvalue weighted by molar-refractivity contribution is 0.237. The SMILES string of the molecule is CC[C@H](C)NC(=O)NCCc1nc2cccnc2n1Cc1ccccc1. The van der Waals surface area contributed by atoms with Crippen LogP contribution in [-0.2, 0) is 13.0 Å². The second kappa shape index (κ2) is 8.47. The van der Waals surface area contributed by atoms with Gasteiger partial charge in [-0.1, -0.05) is 37.3 Å². The van der Waals surface area contributed by atoms with Gasteiger partial charge in [0, 0.05) is 25.2 Å². The van der Waals surface area contributed by atoms with E-state index in [9.17, 15) is 4.79 Å². The lowest BCUT2D eigenvalue weighted by Crippen LogP contribution is -2.41. The van der Waals surface area contributed by atoms with Crippen molar-refractivity contribution in [3.63, 3.8) is 0 Å². The average molecular weight is 351 g/mol. The molecule has 1 atom stereocenters. The summed E-state index contributed by atoms with van der Waals surface area (Å²) >= 11 is 0. The first-order chi connectivity index (χ1) is 12.7. The smallest absolute Gasteiger partial charge is 0.315 e. The second-order valence-corrected chi connectivity index (χ2v) is 6.41. The van der Waals surface area contributed by atoms with Crippen molar-refractivity contribution in [3.8, 4) is 0 Å². The van der Waals surface area contributed by atoms with Gasteiger partial charge in [0.05, 0.1) is 6.54 Å². The van der Waals surface area contributed by atoms with Crippen LogP contribution in [0.5, 0.6) is 0 Å². The summed E-state index contributed by atoms with van der Waals surface area (Å²) in [6.45, 7) is 5.28. The minimum Gasteiger partial charge on any atom is -0.338 e. The van der Waals surface area contributed by atoms with Crippen LogP contribution in [0.15, 0.2) is 48.7 Å². The number of fused-ring (bicyclic) bond motifs is 1. The molecule has 0 spiro atoms. The number of benzene rings is 1. The molecular formula is C20H25N5O. The predicted molar refractivity (Wildman–Crippen MR) is 103 cm³/mol. The van der Waals surface area contributed by atoms with Crippen molar-refractivity contribution < 1.29 is 4.79 Å². The van der Waals surface area contributed by atoms with E-state index in [0.717, 1.165) is 23.4 Å². The van der Waals surface area contributed by atoms with E-state index >= 15 is 0 Å². The zero-order chi connectivity index (χ0) is 18.4. The Hall–Kier alpha value is -2.89. The quantitative estimate of drug-likeness (QED) is 0.687. The van der Waals surface area contributed by atoms with Crippen LogP contribution in [0.2, 0.25) is 0 Å². The van der Waals surface area contributed by atoms with Gasteiger partial charge in [0.1, 0.15) is 11.3 Å². The van der Waals surface area contributed by atoms with E-state index < -0.39 is 0 Å². The van der Waals surface area contributed by atoms with E-state index in [1.807, 2.05) is 44.2 Å². The van der Waals surface area contributed by atoms with Gasteiger partial charge in [-0.05, 0) is 31.0 Å². The van der Waals surface area contributed by atoms with Crippen molar-refractivity contribution in [1.29, 1.82) is 0 Å². The number of hydrogen-bond donors (Lipinski definition) is 2. The van der Waals surface area contributed by atoms with Gasteiger partial charge in [0.15, 0.2) is 5.65 Å². The van der Waals surface area contributed by atoms with Crippen molar-refractivity contribution in [2.45, 2.75) is 39.3 Å². The number of pyridine rings is 1. The van der Waals surface area contributed by atoms with Crippen LogP contribution >= 0.6 is 0 Å². The van der Waals surface area contributed by atoms with E-state index in [1.54, 1.807) is 6.20 Å². The highest BCUT2D eigenvalue weighted by molar-refractivity contribution is 5.74. The Labute approximate surface area is 153 Å². The summed E-state index contributed by atoms with van der Waals surface area (Å²) in [6, 6.07) is 14.1. The number of imidazole rings is 1. The number of hydrogen-bond acceptors (Lipinski definition) is 3. The third-order valence-electron chi connectivity index (χ3n) is 4.39. The number of amides is 2. The summed E-state index contributed by atoms with van der Waals surface area (Å²) < 4.78 is 2.12. The fourth-order valence-corrected chi connectivity index (χ4v) is 2.79. The van der Waals surface area contributed by atoms with Crippen molar-refractivity contribution >= 4 is 17.2 Å². The molecule has 0 saturated carbocycles. The van der Waals surface area contributed by atoms with Gasteiger partial charge in [0.2, 0.25) is 0 Å². The molecule has 3 aromatic rings. The van der Waals surface area contributed by atoms with Crippen molar-refractivity contribution in [1.82, 2.24) is 25.2 Å². The third-order valence-corrected chi connectivity index (χ3v) is 4.39. The van der Waals surface area contributed by atoms with Crippen LogP contribution in [0, 0.1) is 0 Å². The summed E-state index contributed by atoms with van der Waals surface area (Å²) in [5.41, 5.74) is 2.94. The first-order valence-corrected chi connectivity index (χ1v) is 9.05. The fourth-order valence-electron chi connectivity index (χ4n) is 2.79. The number of nitrogens with zero attached hydrogens (tertiary/aromatic N) is 3. The summed E-state index contributed by atoms with van der Waals surface area (Å²) in [5, 5.41) is 5.82. The number of aromatic nitrogens is 3. The molecule has 0 saturated heterocycles. The van der Waals surface area contributed by atoms with Gasteiger partial charge in [-0.25, -0.2) is 14.8 Å². The summed E-state index contributed by atoms with van der Waals surface area (Å²) in [4.78, 5) is 21.1. The van der Waals surface area contributed by atoms with Crippen LogP contribution in [0.3, 0.4) is 0 Å². The van der Waals surface area contributed by atoms with E-state index in [2.05, 4.69) is 32.3 Å². The summed E-state index contributed by atoms with van der Waals surface area (Å²) in [7, 11) is 0. The van der Waals surface area contributed by atoms with Gasteiger partial charge in [-0.2, -0.15) is 0 Å². The van der Waals surface area contributed by atoms with E-state index in [4.69, 9.17) is 4.98 Å². The Morgan fingerprint density at radius 3 is 2.77 bits per heavy atom. The highest BCUT2D eigenvalue weighted by Crippen LogP contribution is 2.16. The zero-order valence-electron chi connectivity index (χ0n) is 15.3. The molecule has 0 aliphatic rings. The predicted octanol–water partition coefficient (Wildman–Crippen LogP) is 3.12. The fraction of sp³-hybridized carbons (Fsp3) is 0.350. The molecule has 0 unspecified atom stereocenters. The normalized spacial score (nSPS) is 12.1. The summed E-state index contributed by atoms with van der Waals surface area (Å²) in [6.07, 6.45) is 3.34. The molecule has 6 nitrogen and oxygen atoms in total. The molecule has 2 amide bonds. The Balaban J connectivity index is 1.73. The highest BCUT2D eigenvalue weighted by atomic mass is 16.2. The van der Waals surface area contributed by atoms with Crippen molar-refractivity contribution in [2.24, 2.45) is 0 Å². The third kappa shape index (κ3) is 4.39. The summed E-state index contributed by atoms with van der Waals surface area (Å²) in [5.74, 6) is 0.923.